The third-order valence-electron chi connectivity index (χ3n) is 4.53. The number of nitrogen functional groups attached to an aromatic ring is 1. The summed E-state index contributed by atoms with van der Waals surface area (Å²) in [6, 6.07) is 19.9. The van der Waals surface area contributed by atoms with Crippen LogP contribution in [-0.4, -0.2) is 41.1 Å². The molecule has 1 aromatic heterocycles. The van der Waals surface area contributed by atoms with Gasteiger partial charge in [0, 0.05) is 17.7 Å². The monoisotopic (exact) mass is 362 g/mol. The van der Waals surface area contributed by atoms with Gasteiger partial charge in [-0.3, -0.25) is 0 Å². The molecule has 27 heavy (non-hydrogen) atoms. The first-order valence-electron chi connectivity index (χ1n) is 9.35. The first-order chi connectivity index (χ1) is 13.2. The fourth-order valence-electron chi connectivity index (χ4n) is 2.92. The number of nitrogens with zero attached hydrogens (tertiary/aromatic N) is 3. The number of hydrogen-bond donors (Lipinski definition) is 1. The van der Waals surface area contributed by atoms with Gasteiger partial charge in [-0.25, -0.2) is 9.97 Å². The van der Waals surface area contributed by atoms with Crippen LogP contribution < -0.4 is 10.5 Å². The van der Waals surface area contributed by atoms with E-state index >= 15 is 0 Å². The summed E-state index contributed by atoms with van der Waals surface area (Å²) in [4.78, 5) is 11.1. The van der Waals surface area contributed by atoms with E-state index in [9.17, 15) is 0 Å². The number of likely N-dealkylation sites (N-methyl/N-ethyl adjacent to an activating group) is 1. The lowest BCUT2D eigenvalue weighted by molar-refractivity contribution is 0.223. The van der Waals surface area contributed by atoms with E-state index in [4.69, 9.17) is 10.5 Å². The average molecular weight is 362 g/mol. The quantitative estimate of drug-likeness (QED) is 0.653. The highest BCUT2D eigenvalue weighted by Crippen LogP contribution is 2.25. The van der Waals surface area contributed by atoms with Crippen LogP contribution in [-0.2, 0) is 0 Å². The van der Waals surface area contributed by atoms with Crippen molar-refractivity contribution >= 4 is 5.95 Å². The molecule has 0 saturated heterocycles. The molecular formula is C22H26N4O. The number of ether oxygens (including phenoxy) is 1. The minimum Gasteiger partial charge on any atom is -0.492 e. The van der Waals surface area contributed by atoms with Crippen LogP contribution in [0.2, 0.25) is 0 Å². The summed E-state index contributed by atoms with van der Waals surface area (Å²) in [5.41, 5.74) is 9.55. The predicted octanol–water partition coefficient (Wildman–Crippen LogP) is 4.11. The van der Waals surface area contributed by atoms with Crippen molar-refractivity contribution in [2.24, 2.45) is 0 Å². The minimum absolute atomic E-state index is 0.269. The third-order valence-corrected chi connectivity index (χ3v) is 4.53. The highest BCUT2D eigenvalue weighted by Gasteiger charge is 2.07. The Morgan fingerprint density at radius 1 is 0.852 bits per heavy atom. The van der Waals surface area contributed by atoms with Crippen molar-refractivity contribution in [2.75, 3.05) is 32.0 Å². The molecule has 0 amide bonds. The van der Waals surface area contributed by atoms with E-state index in [1.807, 2.05) is 60.7 Å². The van der Waals surface area contributed by atoms with Gasteiger partial charge in [-0.15, -0.1) is 0 Å². The maximum atomic E-state index is 5.93. The molecule has 0 radical (unpaired) electrons. The largest absolute Gasteiger partial charge is 0.492 e. The van der Waals surface area contributed by atoms with E-state index < -0.39 is 0 Å². The smallest absolute Gasteiger partial charge is 0.221 e. The molecule has 1 heterocycles. The maximum absolute atomic E-state index is 5.93. The lowest BCUT2D eigenvalue weighted by Gasteiger charge is -2.18. The third kappa shape index (κ3) is 5.05. The number of anilines is 1. The van der Waals surface area contributed by atoms with Gasteiger partial charge < -0.3 is 15.4 Å². The summed E-state index contributed by atoms with van der Waals surface area (Å²) in [5.74, 6) is 1.13. The zero-order valence-corrected chi connectivity index (χ0v) is 15.9. The molecule has 0 unspecified atom stereocenters. The van der Waals surface area contributed by atoms with Crippen LogP contribution in [0.5, 0.6) is 5.75 Å². The van der Waals surface area contributed by atoms with Gasteiger partial charge in [0.1, 0.15) is 12.4 Å². The summed E-state index contributed by atoms with van der Waals surface area (Å²) in [7, 11) is 0. The number of hydrogen-bond acceptors (Lipinski definition) is 5. The molecule has 0 aliphatic heterocycles. The Bertz CT molecular complexity index is 846. The summed E-state index contributed by atoms with van der Waals surface area (Å²) in [6.45, 7) is 8.01. The molecule has 0 fully saturated rings. The van der Waals surface area contributed by atoms with E-state index in [-0.39, 0.29) is 5.95 Å². The first kappa shape index (κ1) is 18.9. The molecule has 3 aromatic rings. The molecular weight excluding hydrogens is 336 g/mol. The number of aromatic nitrogens is 2. The first-order valence-corrected chi connectivity index (χ1v) is 9.35. The normalized spacial score (nSPS) is 10.9. The molecule has 0 saturated carbocycles. The van der Waals surface area contributed by atoms with Crippen LogP contribution in [0.1, 0.15) is 13.8 Å². The Balaban J connectivity index is 1.72. The van der Waals surface area contributed by atoms with Crippen LogP contribution in [0.4, 0.5) is 5.95 Å². The minimum atomic E-state index is 0.269. The molecule has 5 heteroatoms. The lowest BCUT2D eigenvalue weighted by Crippen LogP contribution is -2.27. The van der Waals surface area contributed by atoms with Gasteiger partial charge in [-0.1, -0.05) is 44.2 Å². The van der Waals surface area contributed by atoms with Crippen molar-refractivity contribution in [1.29, 1.82) is 0 Å². The van der Waals surface area contributed by atoms with Crippen molar-refractivity contribution in [2.45, 2.75) is 13.8 Å². The Labute approximate surface area is 160 Å². The van der Waals surface area contributed by atoms with Crippen molar-refractivity contribution in [3.05, 3.63) is 60.7 Å². The van der Waals surface area contributed by atoms with E-state index in [0.717, 1.165) is 47.9 Å². The molecule has 2 aromatic carbocycles. The van der Waals surface area contributed by atoms with Gasteiger partial charge in [0.25, 0.3) is 0 Å². The topological polar surface area (TPSA) is 64.3 Å². The SMILES string of the molecule is CCN(CC)CCOc1ccc(-c2cc(-c3ccccc3)nc(N)n2)cc1. The second kappa shape index (κ2) is 9.14. The van der Waals surface area contributed by atoms with Crippen LogP contribution in [0.3, 0.4) is 0 Å². The van der Waals surface area contributed by atoms with E-state index in [1.54, 1.807) is 0 Å². The predicted molar refractivity (Wildman–Crippen MR) is 111 cm³/mol. The fraction of sp³-hybridized carbons (Fsp3) is 0.273. The highest BCUT2D eigenvalue weighted by molar-refractivity contribution is 5.69. The molecule has 0 aliphatic carbocycles. The van der Waals surface area contributed by atoms with Crippen LogP contribution >= 0.6 is 0 Å². The number of rotatable bonds is 8. The van der Waals surface area contributed by atoms with Crippen molar-refractivity contribution in [1.82, 2.24) is 14.9 Å². The Kier molecular flexibility index (Phi) is 6.39. The van der Waals surface area contributed by atoms with Gasteiger partial charge in [0.15, 0.2) is 0 Å². The molecule has 3 rings (SSSR count). The molecule has 5 nitrogen and oxygen atoms in total. The molecule has 0 atom stereocenters. The zero-order chi connectivity index (χ0) is 19.1. The second-order valence-electron chi connectivity index (χ2n) is 6.26. The van der Waals surface area contributed by atoms with Gasteiger partial charge in [-0.05, 0) is 43.4 Å². The summed E-state index contributed by atoms with van der Waals surface area (Å²) in [5, 5.41) is 0. The van der Waals surface area contributed by atoms with Gasteiger partial charge >= 0.3 is 0 Å². The van der Waals surface area contributed by atoms with Gasteiger partial charge in [-0.2, -0.15) is 0 Å². The summed E-state index contributed by atoms with van der Waals surface area (Å²) >= 11 is 0. The Morgan fingerprint density at radius 3 is 2.04 bits per heavy atom. The van der Waals surface area contributed by atoms with Crippen LogP contribution in [0.25, 0.3) is 22.5 Å². The van der Waals surface area contributed by atoms with Crippen LogP contribution in [0, 0.1) is 0 Å². The highest BCUT2D eigenvalue weighted by atomic mass is 16.5. The number of nitrogens with two attached hydrogens (primary N) is 1. The number of benzene rings is 2. The molecule has 140 valence electrons. The summed E-state index contributed by atoms with van der Waals surface area (Å²) < 4.78 is 5.85. The van der Waals surface area contributed by atoms with Crippen molar-refractivity contribution < 1.29 is 4.74 Å². The van der Waals surface area contributed by atoms with Crippen LogP contribution in [0.15, 0.2) is 60.7 Å². The van der Waals surface area contributed by atoms with Crippen molar-refractivity contribution in [3.63, 3.8) is 0 Å². The lowest BCUT2D eigenvalue weighted by atomic mass is 10.1. The second-order valence-corrected chi connectivity index (χ2v) is 6.26. The Morgan fingerprint density at radius 2 is 1.44 bits per heavy atom. The van der Waals surface area contributed by atoms with Crippen molar-refractivity contribution in [3.8, 4) is 28.3 Å². The van der Waals surface area contributed by atoms with Gasteiger partial charge in [0.2, 0.25) is 5.95 Å². The molecule has 0 bridgehead atoms. The summed E-state index contributed by atoms with van der Waals surface area (Å²) in [6.07, 6.45) is 0. The molecule has 0 spiro atoms. The Hall–Kier alpha value is -2.92. The molecule has 0 aliphatic rings. The van der Waals surface area contributed by atoms with E-state index in [2.05, 4.69) is 28.7 Å². The maximum Gasteiger partial charge on any atom is 0.221 e. The van der Waals surface area contributed by atoms with Gasteiger partial charge in [0.05, 0.1) is 11.4 Å². The fourth-order valence-corrected chi connectivity index (χ4v) is 2.92. The van der Waals surface area contributed by atoms with E-state index in [0.29, 0.717) is 6.61 Å². The molecule has 2 N–H and O–H groups in total. The average Bonchev–Trinajstić information content (AvgIpc) is 2.72. The standard InChI is InChI=1S/C22H26N4O/c1-3-26(4-2)14-15-27-19-12-10-18(11-13-19)21-16-20(24-22(23)25-21)17-8-6-5-7-9-17/h5-13,16H,3-4,14-15H2,1-2H3,(H2,23,24,25). The van der Waals surface area contributed by atoms with E-state index in [1.165, 1.54) is 0 Å². The zero-order valence-electron chi connectivity index (χ0n) is 15.9.